The van der Waals surface area contributed by atoms with Crippen molar-refractivity contribution in [2.24, 2.45) is 0 Å². The number of methoxy groups -OCH3 is 1. The monoisotopic (exact) mass is 344 g/mol. The SMILES string of the molecule is COC1O[C@H](COC(=O)O)[C@@H](OC(=O)OCc2ccccc2)[C@@H]1F. The molecule has 2 rings (SSSR count). The number of benzene rings is 1. The van der Waals surface area contributed by atoms with E-state index >= 15 is 0 Å². The maximum absolute atomic E-state index is 14.2. The highest BCUT2D eigenvalue weighted by molar-refractivity contribution is 5.60. The Balaban J connectivity index is 1.90. The van der Waals surface area contributed by atoms with Crippen LogP contribution >= 0.6 is 0 Å². The molecule has 132 valence electrons. The van der Waals surface area contributed by atoms with Gasteiger partial charge >= 0.3 is 12.3 Å². The Morgan fingerprint density at radius 3 is 2.58 bits per heavy atom. The largest absolute Gasteiger partial charge is 0.509 e. The lowest BCUT2D eigenvalue weighted by Crippen LogP contribution is -2.37. The Kier molecular flexibility index (Phi) is 6.33. The summed E-state index contributed by atoms with van der Waals surface area (Å²) in [6.07, 6.45) is -8.30. The quantitative estimate of drug-likeness (QED) is 0.783. The van der Waals surface area contributed by atoms with Gasteiger partial charge in [0.1, 0.15) is 19.3 Å². The van der Waals surface area contributed by atoms with Crippen molar-refractivity contribution in [2.45, 2.75) is 31.3 Å². The second kappa shape index (κ2) is 8.46. The fourth-order valence-electron chi connectivity index (χ4n) is 2.16. The first-order chi connectivity index (χ1) is 11.5. The van der Waals surface area contributed by atoms with Gasteiger partial charge in [-0.15, -0.1) is 0 Å². The molecule has 0 saturated carbocycles. The summed E-state index contributed by atoms with van der Waals surface area (Å²) in [5.41, 5.74) is 0.731. The smallest absolute Gasteiger partial charge is 0.450 e. The summed E-state index contributed by atoms with van der Waals surface area (Å²) in [6, 6.07) is 8.84. The van der Waals surface area contributed by atoms with Crippen LogP contribution in [0.15, 0.2) is 30.3 Å². The predicted molar refractivity (Wildman–Crippen MR) is 76.0 cm³/mol. The predicted octanol–water partition coefficient (Wildman–Crippen LogP) is 2.11. The zero-order valence-electron chi connectivity index (χ0n) is 12.8. The molecule has 1 aromatic carbocycles. The molecule has 1 N–H and O–H groups in total. The molecule has 0 aliphatic carbocycles. The number of hydrogen-bond donors (Lipinski definition) is 1. The van der Waals surface area contributed by atoms with Gasteiger partial charge in [-0.05, 0) is 5.56 Å². The third kappa shape index (κ3) is 4.80. The molecule has 1 aliphatic heterocycles. The molecule has 0 bridgehead atoms. The molecule has 0 radical (unpaired) electrons. The Hall–Kier alpha value is -2.39. The van der Waals surface area contributed by atoms with Crippen LogP contribution in [0, 0.1) is 0 Å². The number of hydrogen-bond acceptors (Lipinski definition) is 7. The van der Waals surface area contributed by atoms with Crippen molar-refractivity contribution < 1.29 is 42.8 Å². The summed E-state index contributed by atoms with van der Waals surface area (Å²) in [5.74, 6) is 0. The zero-order chi connectivity index (χ0) is 17.5. The Morgan fingerprint density at radius 2 is 1.96 bits per heavy atom. The van der Waals surface area contributed by atoms with Gasteiger partial charge in [-0.1, -0.05) is 30.3 Å². The summed E-state index contributed by atoms with van der Waals surface area (Å²) in [7, 11) is 1.21. The van der Waals surface area contributed by atoms with Crippen LogP contribution in [-0.2, 0) is 30.3 Å². The van der Waals surface area contributed by atoms with Crippen LogP contribution < -0.4 is 0 Å². The molecule has 0 aromatic heterocycles. The van der Waals surface area contributed by atoms with Crippen LogP contribution in [0.4, 0.5) is 14.0 Å². The van der Waals surface area contributed by atoms with Crippen LogP contribution in [0.2, 0.25) is 0 Å². The maximum atomic E-state index is 14.2. The lowest BCUT2D eigenvalue weighted by atomic mass is 10.1. The van der Waals surface area contributed by atoms with Gasteiger partial charge < -0.3 is 28.8 Å². The van der Waals surface area contributed by atoms with Gasteiger partial charge in [-0.25, -0.2) is 14.0 Å². The van der Waals surface area contributed by atoms with E-state index in [4.69, 9.17) is 24.1 Å². The van der Waals surface area contributed by atoms with Gasteiger partial charge in [-0.3, -0.25) is 0 Å². The van der Waals surface area contributed by atoms with Crippen molar-refractivity contribution in [1.29, 1.82) is 0 Å². The fourth-order valence-corrected chi connectivity index (χ4v) is 2.16. The number of carboxylic acid groups (broad SMARTS) is 1. The number of rotatable bonds is 6. The molecule has 1 aliphatic rings. The molecule has 8 nitrogen and oxygen atoms in total. The molecule has 1 heterocycles. The van der Waals surface area contributed by atoms with Crippen LogP contribution in [0.25, 0.3) is 0 Å². The van der Waals surface area contributed by atoms with E-state index in [0.717, 1.165) is 5.56 Å². The minimum Gasteiger partial charge on any atom is -0.450 e. The van der Waals surface area contributed by atoms with E-state index in [2.05, 4.69) is 4.74 Å². The van der Waals surface area contributed by atoms with Gasteiger partial charge in [0, 0.05) is 7.11 Å². The summed E-state index contributed by atoms with van der Waals surface area (Å²) >= 11 is 0. The van der Waals surface area contributed by atoms with Crippen LogP contribution in [0.1, 0.15) is 5.56 Å². The van der Waals surface area contributed by atoms with E-state index < -0.39 is 43.6 Å². The molecule has 0 spiro atoms. The normalized spacial score (nSPS) is 25.9. The van der Waals surface area contributed by atoms with Crippen LogP contribution in [-0.4, -0.2) is 55.8 Å². The summed E-state index contributed by atoms with van der Waals surface area (Å²) in [4.78, 5) is 22.2. The van der Waals surface area contributed by atoms with Crippen molar-refractivity contribution in [3.05, 3.63) is 35.9 Å². The minimum absolute atomic E-state index is 0.0474. The number of alkyl halides is 1. The molecule has 0 amide bonds. The number of halogens is 1. The number of ether oxygens (including phenoxy) is 5. The molecule has 4 atom stereocenters. The molecular formula is C15H17FO8. The van der Waals surface area contributed by atoms with Gasteiger partial charge in [0.05, 0.1) is 0 Å². The number of carbonyl (C=O) groups excluding carboxylic acids is 1. The van der Waals surface area contributed by atoms with Gasteiger partial charge in [0.25, 0.3) is 0 Å². The van der Waals surface area contributed by atoms with Crippen molar-refractivity contribution >= 4 is 12.3 Å². The van der Waals surface area contributed by atoms with Crippen molar-refractivity contribution in [2.75, 3.05) is 13.7 Å². The fraction of sp³-hybridized carbons (Fsp3) is 0.467. The summed E-state index contributed by atoms with van der Waals surface area (Å²) < 4.78 is 38.2. The summed E-state index contributed by atoms with van der Waals surface area (Å²) in [5, 5.41) is 8.51. The topological polar surface area (TPSA) is 101 Å². The lowest BCUT2D eigenvalue weighted by molar-refractivity contribution is -0.143. The molecule has 1 unspecified atom stereocenters. The molecule has 1 saturated heterocycles. The van der Waals surface area contributed by atoms with Gasteiger partial charge in [0.15, 0.2) is 18.6 Å². The van der Waals surface area contributed by atoms with E-state index in [-0.39, 0.29) is 6.61 Å². The first kappa shape index (κ1) is 18.0. The highest BCUT2D eigenvalue weighted by Crippen LogP contribution is 2.28. The third-order valence-corrected chi connectivity index (χ3v) is 3.28. The van der Waals surface area contributed by atoms with E-state index in [1.54, 1.807) is 24.3 Å². The van der Waals surface area contributed by atoms with E-state index in [1.807, 2.05) is 6.07 Å². The molecule has 1 aromatic rings. The third-order valence-electron chi connectivity index (χ3n) is 3.28. The Labute approximate surface area is 137 Å². The van der Waals surface area contributed by atoms with Crippen molar-refractivity contribution in [3.63, 3.8) is 0 Å². The first-order valence-electron chi connectivity index (χ1n) is 7.06. The Morgan fingerprint density at radius 1 is 1.25 bits per heavy atom. The zero-order valence-corrected chi connectivity index (χ0v) is 12.8. The summed E-state index contributed by atoms with van der Waals surface area (Å²) in [6.45, 7) is -0.555. The minimum atomic E-state index is -1.80. The molecule has 1 fully saturated rings. The average Bonchev–Trinajstić information content (AvgIpc) is 2.87. The van der Waals surface area contributed by atoms with Crippen LogP contribution in [0.3, 0.4) is 0 Å². The van der Waals surface area contributed by atoms with Gasteiger partial charge in [0.2, 0.25) is 0 Å². The molecule has 9 heteroatoms. The molecule has 24 heavy (non-hydrogen) atoms. The van der Waals surface area contributed by atoms with Gasteiger partial charge in [-0.2, -0.15) is 0 Å². The van der Waals surface area contributed by atoms with E-state index in [1.165, 1.54) is 7.11 Å². The second-order valence-electron chi connectivity index (χ2n) is 4.91. The van der Waals surface area contributed by atoms with Crippen molar-refractivity contribution in [3.8, 4) is 0 Å². The molecular weight excluding hydrogens is 327 g/mol. The highest BCUT2D eigenvalue weighted by Gasteiger charge is 2.49. The van der Waals surface area contributed by atoms with E-state index in [0.29, 0.717) is 0 Å². The maximum Gasteiger partial charge on any atom is 0.509 e. The highest BCUT2D eigenvalue weighted by atomic mass is 19.1. The number of carbonyl (C=O) groups is 2. The first-order valence-corrected chi connectivity index (χ1v) is 7.06. The van der Waals surface area contributed by atoms with E-state index in [9.17, 15) is 14.0 Å². The Bertz CT molecular complexity index is 552. The van der Waals surface area contributed by atoms with Crippen LogP contribution in [0.5, 0.6) is 0 Å². The van der Waals surface area contributed by atoms with Crippen molar-refractivity contribution in [1.82, 2.24) is 0 Å². The average molecular weight is 344 g/mol. The lowest BCUT2D eigenvalue weighted by Gasteiger charge is -2.18. The standard InChI is InChI=1S/C15H17FO8/c1-20-13-11(16)12(10(23-13)8-21-14(17)18)24-15(19)22-7-9-5-3-2-4-6-9/h2-6,10-13H,7-8H2,1H3,(H,17,18)/t10-,11+,12-,13?/m1/s1. The second-order valence-corrected chi connectivity index (χ2v) is 4.91.